The number of hydrogen-bond acceptors (Lipinski definition) is 1. The Labute approximate surface area is 110 Å². The van der Waals surface area contributed by atoms with Crippen LogP contribution in [0.3, 0.4) is 0 Å². The third kappa shape index (κ3) is 3.44. The van der Waals surface area contributed by atoms with Crippen LogP contribution >= 0.6 is 0 Å². The first-order chi connectivity index (χ1) is 8.77. The summed E-state index contributed by atoms with van der Waals surface area (Å²) in [6.07, 6.45) is 2.28. The minimum atomic E-state index is 0.492. The van der Waals surface area contributed by atoms with Gasteiger partial charge in [0.05, 0.1) is 0 Å². The molecule has 2 aromatic carbocycles. The van der Waals surface area contributed by atoms with Crippen LogP contribution in [-0.4, -0.2) is 19.0 Å². The summed E-state index contributed by atoms with van der Waals surface area (Å²) in [5.41, 5.74) is 2.82. The molecule has 2 rings (SSSR count). The van der Waals surface area contributed by atoms with E-state index in [1.165, 1.54) is 11.1 Å². The van der Waals surface area contributed by atoms with Crippen LogP contribution in [0.5, 0.6) is 0 Å². The van der Waals surface area contributed by atoms with Gasteiger partial charge in [-0.3, -0.25) is 0 Å². The van der Waals surface area contributed by atoms with Gasteiger partial charge in [0.2, 0.25) is 0 Å². The van der Waals surface area contributed by atoms with Crippen molar-refractivity contribution in [1.29, 1.82) is 0 Å². The van der Waals surface area contributed by atoms with E-state index in [9.17, 15) is 0 Å². The molecule has 0 saturated carbocycles. The minimum absolute atomic E-state index is 0.492. The van der Waals surface area contributed by atoms with Gasteiger partial charge in [0.25, 0.3) is 0 Å². The van der Waals surface area contributed by atoms with Crippen molar-refractivity contribution < 1.29 is 0 Å². The molecule has 0 amide bonds. The lowest BCUT2D eigenvalue weighted by atomic mass is 9.98. The number of aryl methyl sites for hydroxylation is 1. The van der Waals surface area contributed by atoms with Gasteiger partial charge in [-0.2, -0.15) is 0 Å². The lowest BCUT2D eigenvalue weighted by Gasteiger charge is -2.24. The third-order valence-electron chi connectivity index (χ3n) is 3.36. The van der Waals surface area contributed by atoms with E-state index >= 15 is 0 Å². The summed E-state index contributed by atoms with van der Waals surface area (Å²) in [7, 11) is 4.31. The molecule has 0 aliphatic rings. The Balaban J connectivity index is 2.04. The second-order valence-electron chi connectivity index (χ2n) is 4.91. The van der Waals surface area contributed by atoms with E-state index in [2.05, 4.69) is 79.7 Å². The van der Waals surface area contributed by atoms with Crippen LogP contribution in [-0.2, 0) is 6.42 Å². The molecule has 1 heteroatoms. The summed E-state index contributed by atoms with van der Waals surface area (Å²) >= 11 is 0. The molecular formula is C17H21N. The molecule has 0 aromatic heterocycles. The fourth-order valence-electron chi connectivity index (χ4n) is 2.35. The second-order valence-corrected chi connectivity index (χ2v) is 4.91. The molecule has 1 nitrogen and oxygen atoms in total. The van der Waals surface area contributed by atoms with E-state index in [1.54, 1.807) is 0 Å². The Hall–Kier alpha value is -1.60. The Bertz CT molecular complexity index is 448. The summed E-state index contributed by atoms with van der Waals surface area (Å²) in [5.74, 6) is 0. The zero-order chi connectivity index (χ0) is 12.8. The molecule has 0 saturated heterocycles. The lowest BCUT2D eigenvalue weighted by molar-refractivity contribution is 0.284. The fraction of sp³-hybridized carbons (Fsp3) is 0.294. The summed E-state index contributed by atoms with van der Waals surface area (Å²) in [4.78, 5) is 2.30. The first kappa shape index (κ1) is 12.8. The second kappa shape index (κ2) is 6.36. The summed E-state index contributed by atoms with van der Waals surface area (Å²) in [5, 5.41) is 0. The number of hydrogen-bond donors (Lipinski definition) is 0. The normalized spacial score (nSPS) is 12.6. The number of benzene rings is 2. The highest BCUT2D eigenvalue weighted by molar-refractivity contribution is 5.20. The van der Waals surface area contributed by atoms with Gasteiger partial charge in [-0.25, -0.2) is 0 Å². The molecule has 0 spiro atoms. The molecule has 94 valence electrons. The minimum Gasteiger partial charge on any atom is -0.302 e. The highest BCUT2D eigenvalue weighted by atomic mass is 15.1. The summed E-state index contributed by atoms with van der Waals surface area (Å²) in [6.45, 7) is 0. The van der Waals surface area contributed by atoms with Crippen molar-refractivity contribution in [1.82, 2.24) is 4.90 Å². The van der Waals surface area contributed by atoms with Crippen molar-refractivity contribution in [3.63, 3.8) is 0 Å². The first-order valence-corrected chi connectivity index (χ1v) is 6.52. The number of nitrogens with zero attached hydrogens (tertiary/aromatic N) is 1. The quantitative estimate of drug-likeness (QED) is 0.764. The van der Waals surface area contributed by atoms with Gasteiger partial charge in [-0.1, -0.05) is 60.7 Å². The highest BCUT2D eigenvalue weighted by Gasteiger charge is 2.13. The van der Waals surface area contributed by atoms with Crippen LogP contribution in [0.2, 0.25) is 0 Å². The molecule has 0 fully saturated rings. The van der Waals surface area contributed by atoms with E-state index in [0.717, 1.165) is 12.8 Å². The molecule has 0 aliphatic heterocycles. The predicted octanol–water partition coefficient (Wildman–Crippen LogP) is 3.92. The van der Waals surface area contributed by atoms with Crippen LogP contribution in [0.4, 0.5) is 0 Å². The topological polar surface area (TPSA) is 3.24 Å². The van der Waals surface area contributed by atoms with Gasteiger partial charge in [0.15, 0.2) is 0 Å². The van der Waals surface area contributed by atoms with Crippen molar-refractivity contribution in [2.24, 2.45) is 0 Å². The molecule has 0 aliphatic carbocycles. The summed E-state index contributed by atoms with van der Waals surface area (Å²) < 4.78 is 0. The molecule has 1 atom stereocenters. The molecule has 1 unspecified atom stereocenters. The van der Waals surface area contributed by atoms with Crippen LogP contribution in [0.1, 0.15) is 23.6 Å². The smallest absolute Gasteiger partial charge is 0.0345 e. The van der Waals surface area contributed by atoms with Crippen LogP contribution in [0.15, 0.2) is 60.7 Å². The van der Waals surface area contributed by atoms with Gasteiger partial charge in [-0.15, -0.1) is 0 Å². The van der Waals surface area contributed by atoms with Crippen LogP contribution in [0.25, 0.3) is 0 Å². The Morgan fingerprint density at radius 2 is 1.39 bits per heavy atom. The van der Waals surface area contributed by atoms with Gasteiger partial charge < -0.3 is 4.90 Å². The van der Waals surface area contributed by atoms with E-state index in [1.807, 2.05) is 0 Å². The first-order valence-electron chi connectivity index (χ1n) is 6.52. The zero-order valence-electron chi connectivity index (χ0n) is 11.2. The molecule has 0 N–H and O–H groups in total. The lowest BCUT2D eigenvalue weighted by Crippen LogP contribution is -2.20. The van der Waals surface area contributed by atoms with Crippen LogP contribution in [0, 0.1) is 0 Å². The average Bonchev–Trinajstić information content (AvgIpc) is 2.41. The maximum absolute atomic E-state index is 2.30. The maximum atomic E-state index is 2.30. The van der Waals surface area contributed by atoms with Crippen molar-refractivity contribution >= 4 is 0 Å². The maximum Gasteiger partial charge on any atom is 0.0345 e. The fourth-order valence-corrected chi connectivity index (χ4v) is 2.35. The van der Waals surface area contributed by atoms with E-state index in [0.29, 0.717) is 6.04 Å². The monoisotopic (exact) mass is 239 g/mol. The van der Waals surface area contributed by atoms with E-state index < -0.39 is 0 Å². The van der Waals surface area contributed by atoms with Gasteiger partial charge in [-0.05, 0) is 38.1 Å². The standard InChI is InChI=1S/C17H21N/c1-18(2)17(16-11-7-4-8-12-16)14-13-15-9-5-3-6-10-15/h3-12,17H,13-14H2,1-2H3. The molecule has 0 heterocycles. The highest BCUT2D eigenvalue weighted by Crippen LogP contribution is 2.23. The Morgan fingerprint density at radius 1 is 0.833 bits per heavy atom. The van der Waals surface area contributed by atoms with Crippen molar-refractivity contribution in [3.8, 4) is 0 Å². The average molecular weight is 239 g/mol. The SMILES string of the molecule is CN(C)C(CCc1ccccc1)c1ccccc1. The Kier molecular flexibility index (Phi) is 4.54. The van der Waals surface area contributed by atoms with Crippen molar-refractivity contribution in [2.45, 2.75) is 18.9 Å². The van der Waals surface area contributed by atoms with Crippen LogP contribution < -0.4 is 0 Å². The zero-order valence-corrected chi connectivity index (χ0v) is 11.2. The molecule has 0 bridgehead atoms. The van der Waals surface area contributed by atoms with E-state index in [-0.39, 0.29) is 0 Å². The molecule has 2 aromatic rings. The predicted molar refractivity (Wildman–Crippen MR) is 77.6 cm³/mol. The third-order valence-corrected chi connectivity index (χ3v) is 3.36. The Morgan fingerprint density at radius 3 is 1.94 bits per heavy atom. The van der Waals surface area contributed by atoms with E-state index in [4.69, 9.17) is 0 Å². The molecule has 18 heavy (non-hydrogen) atoms. The van der Waals surface area contributed by atoms with Crippen molar-refractivity contribution in [3.05, 3.63) is 71.8 Å². The molecular weight excluding hydrogens is 218 g/mol. The number of rotatable bonds is 5. The van der Waals surface area contributed by atoms with Gasteiger partial charge in [0.1, 0.15) is 0 Å². The van der Waals surface area contributed by atoms with Gasteiger partial charge in [0, 0.05) is 6.04 Å². The molecule has 0 radical (unpaired) electrons. The largest absolute Gasteiger partial charge is 0.302 e. The summed E-state index contributed by atoms with van der Waals surface area (Å²) in [6, 6.07) is 22.0. The van der Waals surface area contributed by atoms with Gasteiger partial charge >= 0.3 is 0 Å². The van der Waals surface area contributed by atoms with Crippen molar-refractivity contribution in [2.75, 3.05) is 14.1 Å².